The third-order valence-electron chi connectivity index (χ3n) is 6.04. The fraction of sp³-hybridized carbons (Fsp3) is 0.700. The standard InChI is InChI=1S/C20H30N4O5S/c25-19(18-12-17(14-22-18)30(26,27)24-8-10-28-11-9-24)23-13-15-4-3-7-21-20(15)29-16-5-1-2-6-16/h3-4,7,16-18,22H,1-2,5-6,8-14H2,(H,23,25). The Bertz CT molecular complexity index is 837. The summed E-state index contributed by atoms with van der Waals surface area (Å²) in [5.74, 6) is 0.363. The van der Waals surface area contributed by atoms with Crippen LogP contribution in [0, 0.1) is 0 Å². The highest BCUT2D eigenvalue weighted by Crippen LogP contribution is 2.25. The van der Waals surface area contributed by atoms with Crippen molar-refractivity contribution in [2.24, 2.45) is 0 Å². The largest absolute Gasteiger partial charge is 0.474 e. The zero-order valence-electron chi connectivity index (χ0n) is 17.1. The maximum atomic E-state index is 12.8. The van der Waals surface area contributed by atoms with Gasteiger partial charge in [-0.05, 0) is 38.2 Å². The van der Waals surface area contributed by atoms with Gasteiger partial charge in [0.05, 0.1) is 24.5 Å². The number of hydrogen-bond acceptors (Lipinski definition) is 7. The first kappa shape index (κ1) is 21.5. The summed E-state index contributed by atoms with van der Waals surface area (Å²) >= 11 is 0. The predicted molar refractivity (Wildman–Crippen MR) is 110 cm³/mol. The number of amides is 1. The van der Waals surface area contributed by atoms with Crippen LogP contribution in [0.25, 0.3) is 0 Å². The third kappa shape index (κ3) is 4.93. The second-order valence-corrected chi connectivity index (χ2v) is 10.3. The van der Waals surface area contributed by atoms with E-state index in [1.54, 1.807) is 6.20 Å². The Morgan fingerprint density at radius 3 is 2.83 bits per heavy atom. The Labute approximate surface area is 177 Å². The van der Waals surface area contributed by atoms with E-state index in [4.69, 9.17) is 9.47 Å². The van der Waals surface area contributed by atoms with E-state index in [0.717, 1.165) is 18.4 Å². The number of morpholine rings is 1. The summed E-state index contributed by atoms with van der Waals surface area (Å²) in [7, 11) is -3.43. The van der Waals surface area contributed by atoms with Gasteiger partial charge in [-0.1, -0.05) is 6.07 Å². The fourth-order valence-corrected chi connectivity index (χ4v) is 6.10. The van der Waals surface area contributed by atoms with Gasteiger partial charge >= 0.3 is 0 Å². The maximum absolute atomic E-state index is 12.8. The molecule has 0 bridgehead atoms. The lowest BCUT2D eigenvalue weighted by Gasteiger charge is -2.28. The minimum atomic E-state index is -3.43. The molecule has 3 aliphatic rings. The molecule has 1 aromatic heterocycles. The second kappa shape index (κ2) is 9.59. The first-order chi connectivity index (χ1) is 14.5. The van der Waals surface area contributed by atoms with Gasteiger partial charge in [-0.25, -0.2) is 13.4 Å². The molecule has 0 spiro atoms. The molecule has 3 heterocycles. The molecule has 2 saturated heterocycles. The van der Waals surface area contributed by atoms with Crippen LogP contribution in [0.2, 0.25) is 0 Å². The van der Waals surface area contributed by atoms with Gasteiger partial charge in [0.15, 0.2) is 0 Å². The van der Waals surface area contributed by atoms with Gasteiger partial charge in [0.2, 0.25) is 21.8 Å². The Hall–Kier alpha value is -1.75. The number of carbonyl (C=O) groups excluding carboxylic acids is 1. The molecule has 1 aliphatic carbocycles. The number of rotatable bonds is 7. The van der Waals surface area contributed by atoms with Crippen LogP contribution in [0.4, 0.5) is 0 Å². The van der Waals surface area contributed by atoms with E-state index in [1.165, 1.54) is 17.1 Å². The first-order valence-electron chi connectivity index (χ1n) is 10.7. The smallest absolute Gasteiger partial charge is 0.237 e. The fourth-order valence-electron chi connectivity index (χ4n) is 4.28. The van der Waals surface area contributed by atoms with Crippen molar-refractivity contribution in [2.45, 2.75) is 56.0 Å². The highest BCUT2D eigenvalue weighted by atomic mass is 32.2. The second-order valence-electron chi connectivity index (χ2n) is 8.08. The summed E-state index contributed by atoms with van der Waals surface area (Å²) in [5, 5.41) is 5.38. The normalized spacial score (nSPS) is 26.0. The minimum Gasteiger partial charge on any atom is -0.474 e. The molecule has 1 saturated carbocycles. The van der Waals surface area contributed by atoms with Crippen molar-refractivity contribution in [3.63, 3.8) is 0 Å². The van der Waals surface area contributed by atoms with E-state index in [-0.39, 0.29) is 25.0 Å². The lowest BCUT2D eigenvalue weighted by Crippen LogP contribution is -2.45. The van der Waals surface area contributed by atoms with Gasteiger partial charge in [-0.15, -0.1) is 0 Å². The molecule has 9 nitrogen and oxygen atoms in total. The molecule has 2 N–H and O–H groups in total. The van der Waals surface area contributed by atoms with Crippen LogP contribution in [0.1, 0.15) is 37.7 Å². The van der Waals surface area contributed by atoms with Crippen LogP contribution in [0.3, 0.4) is 0 Å². The minimum absolute atomic E-state index is 0.192. The first-order valence-corrected chi connectivity index (χ1v) is 12.2. The Morgan fingerprint density at radius 1 is 1.30 bits per heavy atom. The summed E-state index contributed by atoms with van der Waals surface area (Å²) in [6.45, 7) is 2.16. The number of hydrogen-bond donors (Lipinski definition) is 2. The number of ether oxygens (including phenoxy) is 2. The van der Waals surface area contributed by atoms with E-state index < -0.39 is 21.3 Å². The molecular formula is C20H30N4O5S. The Morgan fingerprint density at radius 2 is 2.07 bits per heavy atom. The molecule has 0 aromatic carbocycles. The predicted octanol–water partition coefficient (Wildman–Crippen LogP) is 0.412. The summed E-state index contributed by atoms with van der Waals surface area (Å²) in [4.78, 5) is 17.0. The van der Waals surface area contributed by atoms with E-state index in [1.807, 2.05) is 12.1 Å². The van der Waals surface area contributed by atoms with Crippen molar-refractivity contribution in [3.8, 4) is 5.88 Å². The molecule has 10 heteroatoms. The zero-order chi connectivity index (χ0) is 21.0. The monoisotopic (exact) mass is 438 g/mol. The molecule has 0 radical (unpaired) electrons. The molecule has 30 heavy (non-hydrogen) atoms. The van der Waals surface area contributed by atoms with Gasteiger partial charge in [0.1, 0.15) is 6.10 Å². The van der Waals surface area contributed by atoms with Crippen molar-refractivity contribution in [1.29, 1.82) is 0 Å². The van der Waals surface area contributed by atoms with Crippen molar-refractivity contribution in [2.75, 3.05) is 32.8 Å². The summed E-state index contributed by atoms with van der Waals surface area (Å²) < 4.78 is 38.4. The molecule has 1 aromatic rings. The number of nitrogens with zero attached hydrogens (tertiary/aromatic N) is 2. The highest BCUT2D eigenvalue weighted by molar-refractivity contribution is 7.89. The van der Waals surface area contributed by atoms with Gasteiger partial charge in [0, 0.05) is 37.9 Å². The average molecular weight is 439 g/mol. The number of carbonyl (C=O) groups is 1. The van der Waals surface area contributed by atoms with Crippen LogP contribution in [-0.2, 0) is 26.1 Å². The summed E-state index contributed by atoms with van der Waals surface area (Å²) in [6.07, 6.45) is 6.56. The molecule has 2 aliphatic heterocycles. The number of pyridine rings is 1. The number of nitrogens with one attached hydrogen (secondary N) is 2. The zero-order valence-corrected chi connectivity index (χ0v) is 17.9. The number of sulfonamides is 1. The van der Waals surface area contributed by atoms with Crippen molar-refractivity contribution in [1.82, 2.24) is 19.9 Å². The topological polar surface area (TPSA) is 110 Å². The van der Waals surface area contributed by atoms with Gasteiger partial charge < -0.3 is 20.1 Å². The molecule has 1 amide bonds. The molecule has 166 valence electrons. The van der Waals surface area contributed by atoms with Crippen LogP contribution in [0.15, 0.2) is 18.3 Å². The lowest BCUT2D eigenvalue weighted by molar-refractivity contribution is -0.122. The van der Waals surface area contributed by atoms with E-state index >= 15 is 0 Å². The Balaban J connectivity index is 1.31. The van der Waals surface area contributed by atoms with Crippen LogP contribution in [0.5, 0.6) is 5.88 Å². The summed E-state index contributed by atoms with van der Waals surface area (Å²) in [5.41, 5.74) is 0.827. The molecule has 3 fully saturated rings. The van der Waals surface area contributed by atoms with Crippen molar-refractivity contribution < 1.29 is 22.7 Å². The van der Waals surface area contributed by atoms with Gasteiger partial charge in [-0.3, -0.25) is 4.79 Å². The Kier molecular flexibility index (Phi) is 6.87. The number of aromatic nitrogens is 1. The molecular weight excluding hydrogens is 408 g/mol. The van der Waals surface area contributed by atoms with Gasteiger partial charge in [-0.2, -0.15) is 4.31 Å². The molecule has 2 atom stereocenters. The third-order valence-corrected chi connectivity index (χ3v) is 8.33. The van der Waals surface area contributed by atoms with E-state index in [9.17, 15) is 13.2 Å². The lowest BCUT2D eigenvalue weighted by atomic mass is 10.2. The van der Waals surface area contributed by atoms with E-state index in [2.05, 4.69) is 15.6 Å². The van der Waals surface area contributed by atoms with Gasteiger partial charge in [0.25, 0.3) is 0 Å². The SMILES string of the molecule is O=C(NCc1cccnc1OC1CCCC1)C1CC(S(=O)(=O)N2CCOCC2)CN1. The van der Waals surface area contributed by atoms with Crippen LogP contribution in [-0.4, -0.2) is 73.9 Å². The molecule has 4 rings (SSSR count). The quantitative estimate of drug-likeness (QED) is 0.635. The van der Waals surface area contributed by atoms with Crippen LogP contribution < -0.4 is 15.4 Å². The van der Waals surface area contributed by atoms with Crippen molar-refractivity contribution in [3.05, 3.63) is 23.9 Å². The summed E-state index contributed by atoms with van der Waals surface area (Å²) in [6, 6.07) is 3.19. The maximum Gasteiger partial charge on any atom is 0.237 e. The van der Waals surface area contributed by atoms with E-state index in [0.29, 0.717) is 38.7 Å². The van der Waals surface area contributed by atoms with Crippen molar-refractivity contribution >= 4 is 15.9 Å². The molecule has 2 unspecified atom stereocenters. The highest BCUT2D eigenvalue weighted by Gasteiger charge is 2.40. The average Bonchev–Trinajstić information content (AvgIpc) is 3.46. The van der Waals surface area contributed by atoms with Crippen LogP contribution >= 0.6 is 0 Å².